The molecule has 0 aliphatic heterocycles. The molecule has 0 aliphatic rings. The van der Waals surface area contributed by atoms with Crippen molar-refractivity contribution >= 4 is 10.0 Å². The molecule has 5 nitrogen and oxygen atoms in total. The molecule has 0 fully saturated rings. The lowest BCUT2D eigenvalue weighted by Gasteiger charge is -2.10. The van der Waals surface area contributed by atoms with Gasteiger partial charge in [-0.2, -0.15) is 0 Å². The predicted octanol–water partition coefficient (Wildman–Crippen LogP) is 2.37. The van der Waals surface area contributed by atoms with Gasteiger partial charge >= 0.3 is 0 Å². The maximum Gasteiger partial charge on any atom is 0.212 e. The molecule has 0 heterocycles. The van der Waals surface area contributed by atoms with E-state index in [4.69, 9.17) is 9.47 Å². The third kappa shape index (κ3) is 5.26. The highest BCUT2D eigenvalue weighted by atomic mass is 32.2. The number of ether oxygens (including phenoxy) is 2. The molecule has 124 valence electrons. The number of methoxy groups -OCH3 is 2. The summed E-state index contributed by atoms with van der Waals surface area (Å²) in [5.74, 6) is 1.42. The van der Waals surface area contributed by atoms with Crippen molar-refractivity contribution in [2.24, 2.45) is 0 Å². The third-order valence-electron chi connectivity index (χ3n) is 3.47. The highest BCUT2D eigenvalue weighted by Gasteiger charge is 2.12. The van der Waals surface area contributed by atoms with Crippen molar-refractivity contribution in [3.63, 3.8) is 0 Å². The van der Waals surface area contributed by atoms with Crippen LogP contribution in [0.1, 0.15) is 11.1 Å². The smallest absolute Gasteiger partial charge is 0.212 e. The molecule has 0 amide bonds. The molecular weight excluding hydrogens is 314 g/mol. The fourth-order valence-corrected chi connectivity index (χ4v) is 3.21. The first kappa shape index (κ1) is 17.3. The Hall–Kier alpha value is -2.05. The van der Waals surface area contributed by atoms with Gasteiger partial charge in [0.15, 0.2) is 0 Å². The molecule has 0 unspecified atom stereocenters. The van der Waals surface area contributed by atoms with Crippen molar-refractivity contribution in [2.75, 3.05) is 20.0 Å². The molecule has 2 aromatic rings. The minimum Gasteiger partial charge on any atom is -0.497 e. The molecule has 2 aromatic carbocycles. The maximum absolute atomic E-state index is 12.1. The van der Waals surface area contributed by atoms with Crippen LogP contribution >= 0.6 is 0 Å². The van der Waals surface area contributed by atoms with Gasteiger partial charge in [0.05, 0.1) is 20.0 Å². The van der Waals surface area contributed by atoms with Crippen molar-refractivity contribution in [3.05, 3.63) is 59.7 Å². The Kier molecular flexibility index (Phi) is 6.01. The van der Waals surface area contributed by atoms with Crippen LogP contribution in [0.5, 0.6) is 11.5 Å². The SMILES string of the molecule is COc1cccc(CCS(=O)(=O)NCc2ccccc2OC)c1. The van der Waals surface area contributed by atoms with E-state index in [1.165, 1.54) is 0 Å². The summed E-state index contributed by atoms with van der Waals surface area (Å²) >= 11 is 0. The Morgan fingerprint density at radius 2 is 1.78 bits per heavy atom. The number of rotatable bonds is 8. The van der Waals surface area contributed by atoms with Gasteiger partial charge in [-0.25, -0.2) is 13.1 Å². The topological polar surface area (TPSA) is 64.6 Å². The third-order valence-corrected chi connectivity index (χ3v) is 4.79. The monoisotopic (exact) mass is 335 g/mol. The van der Waals surface area contributed by atoms with E-state index in [0.717, 1.165) is 16.9 Å². The zero-order valence-electron chi connectivity index (χ0n) is 13.3. The molecule has 0 aliphatic carbocycles. The Morgan fingerprint density at radius 3 is 2.52 bits per heavy atom. The zero-order valence-corrected chi connectivity index (χ0v) is 14.1. The van der Waals surface area contributed by atoms with Crippen LogP contribution in [-0.4, -0.2) is 28.4 Å². The summed E-state index contributed by atoms with van der Waals surface area (Å²) < 4.78 is 37.3. The van der Waals surface area contributed by atoms with E-state index in [1.54, 1.807) is 20.3 Å². The van der Waals surface area contributed by atoms with E-state index < -0.39 is 10.0 Å². The second-order valence-corrected chi connectivity index (χ2v) is 6.98. The lowest BCUT2D eigenvalue weighted by Crippen LogP contribution is -2.27. The van der Waals surface area contributed by atoms with Crippen molar-refractivity contribution in [1.82, 2.24) is 4.72 Å². The van der Waals surface area contributed by atoms with Gasteiger partial charge in [-0.15, -0.1) is 0 Å². The Morgan fingerprint density at radius 1 is 1.00 bits per heavy atom. The molecule has 0 spiro atoms. The average Bonchev–Trinajstić information content (AvgIpc) is 2.59. The Balaban J connectivity index is 1.94. The second-order valence-electron chi connectivity index (χ2n) is 5.05. The fourth-order valence-electron chi connectivity index (χ4n) is 2.19. The molecule has 2 rings (SSSR count). The van der Waals surface area contributed by atoms with E-state index >= 15 is 0 Å². The van der Waals surface area contributed by atoms with Crippen LogP contribution in [0, 0.1) is 0 Å². The first-order valence-electron chi connectivity index (χ1n) is 7.26. The average molecular weight is 335 g/mol. The lowest BCUT2D eigenvalue weighted by atomic mass is 10.2. The number of hydrogen-bond donors (Lipinski definition) is 1. The summed E-state index contributed by atoms with van der Waals surface area (Å²) in [6.45, 7) is 0.213. The molecule has 0 saturated heterocycles. The quantitative estimate of drug-likeness (QED) is 0.804. The first-order valence-corrected chi connectivity index (χ1v) is 8.91. The van der Waals surface area contributed by atoms with Crippen LogP contribution in [0.3, 0.4) is 0 Å². The van der Waals surface area contributed by atoms with Crippen molar-refractivity contribution in [2.45, 2.75) is 13.0 Å². The highest BCUT2D eigenvalue weighted by molar-refractivity contribution is 7.89. The number of nitrogens with one attached hydrogen (secondary N) is 1. The first-order chi connectivity index (χ1) is 11.0. The summed E-state index contributed by atoms with van der Waals surface area (Å²) in [7, 11) is -0.215. The maximum atomic E-state index is 12.1. The molecule has 0 saturated carbocycles. The normalized spacial score (nSPS) is 11.2. The second kappa shape index (κ2) is 7.99. The van der Waals surface area contributed by atoms with Crippen LogP contribution in [0.2, 0.25) is 0 Å². The highest BCUT2D eigenvalue weighted by Crippen LogP contribution is 2.17. The minimum absolute atomic E-state index is 0.0231. The van der Waals surface area contributed by atoms with E-state index in [0.29, 0.717) is 12.2 Å². The number of hydrogen-bond acceptors (Lipinski definition) is 4. The molecule has 0 atom stereocenters. The molecule has 23 heavy (non-hydrogen) atoms. The van der Waals surface area contributed by atoms with E-state index in [9.17, 15) is 8.42 Å². The Labute approximate surface area is 137 Å². The number of sulfonamides is 1. The van der Waals surface area contributed by atoms with Gasteiger partial charge in [0, 0.05) is 12.1 Å². The molecular formula is C17H21NO4S. The minimum atomic E-state index is -3.37. The molecule has 6 heteroatoms. The summed E-state index contributed by atoms with van der Waals surface area (Å²) in [5.41, 5.74) is 1.73. The van der Waals surface area contributed by atoms with E-state index in [-0.39, 0.29) is 12.3 Å². The zero-order chi connectivity index (χ0) is 16.7. The number of aryl methyl sites for hydroxylation is 1. The molecule has 0 bridgehead atoms. The summed E-state index contributed by atoms with van der Waals surface area (Å²) in [6, 6.07) is 14.8. The van der Waals surface area contributed by atoms with Crippen LogP contribution in [0.15, 0.2) is 48.5 Å². The number of para-hydroxylation sites is 1. The molecule has 0 radical (unpaired) electrons. The van der Waals surface area contributed by atoms with Gasteiger partial charge in [0.1, 0.15) is 11.5 Å². The predicted molar refractivity (Wildman–Crippen MR) is 90.3 cm³/mol. The van der Waals surface area contributed by atoms with Crippen molar-refractivity contribution in [3.8, 4) is 11.5 Å². The molecule has 1 N–H and O–H groups in total. The Bertz CT molecular complexity index is 744. The largest absolute Gasteiger partial charge is 0.497 e. The van der Waals surface area contributed by atoms with Gasteiger partial charge in [-0.05, 0) is 30.2 Å². The van der Waals surface area contributed by atoms with Gasteiger partial charge in [0.2, 0.25) is 10.0 Å². The van der Waals surface area contributed by atoms with Crippen molar-refractivity contribution < 1.29 is 17.9 Å². The number of benzene rings is 2. The van der Waals surface area contributed by atoms with Crippen LogP contribution in [0.25, 0.3) is 0 Å². The van der Waals surface area contributed by atoms with E-state index in [1.807, 2.05) is 42.5 Å². The van der Waals surface area contributed by atoms with Crippen LogP contribution in [0.4, 0.5) is 0 Å². The van der Waals surface area contributed by atoms with Gasteiger partial charge in [-0.3, -0.25) is 0 Å². The van der Waals surface area contributed by atoms with Crippen LogP contribution in [-0.2, 0) is 23.0 Å². The molecule has 0 aromatic heterocycles. The lowest BCUT2D eigenvalue weighted by molar-refractivity contribution is 0.409. The van der Waals surface area contributed by atoms with Crippen LogP contribution < -0.4 is 14.2 Å². The summed E-state index contributed by atoms with van der Waals surface area (Å²) in [5, 5.41) is 0. The van der Waals surface area contributed by atoms with Gasteiger partial charge in [0.25, 0.3) is 0 Å². The van der Waals surface area contributed by atoms with Gasteiger partial charge < -0.3 is 9.47 Å². The van der Waals surface area contributed by atoms with Crippen molar-refractivity contribution in [1.29, 1.82) is 0 Å². The summed E-state index contributed by atoms with van der Waals surface area (Å²) in [6.07, 6.45) is 0.429. The summed E-state index contributed by atoms with van der Waals surface area (Å²) in [4.78, 5) is 0. The van der Waals surface area contributed by atoms with Gasteiger partial charge in [-0.1, -0.05) is 30.3 Å². The van der Waals surface area contributed by atoms with E-state index in [2.05, 4.69) is 4.72 Å². The standard InChI is InChI=1S/C17H21NO4S/c1-21-16-8-5-6-14(12-16)10-11-23(19,20)18-13-15-7-3-4-9-17(15)22-2/h3-9,12,18H,10-11,13H2,1-2H3. The fraction of sp³-hybridized carbons (Fsp3) is 0.294.